The van der Waals surface area contributed by atoms with E-state index in [0.717, 1.165) is 37.4 Å². The van der Waals surface area contributed by atoms with Crippen molar-refractivity contribution in [1.82, 2.24) is 5.32 Å². The van der Waals surface area contributed by atoms with Crippen molar-refractivity contribution >= 4 is 0 Å². The number of rotatable bonds is 2. The quantitative estimate of drug-likeness (QED) is 0.836. The molecule has 2 aliphatic heterocycles. The number of fused-ring (bicyclic) bond motifs is 1. The average Bonchev–Trinajstić information content (AvgIpc) is 2.85. The fourth-order valence-electron chi connectivity index (χ4n) is 2.88. The Morgan fingerprint density at radius 3 is 2.61 bits per heavy atom. The van der Waals surface area contributed by atoms with Gasteiger partial charge in [0.2, 0.25) is 6.79 Å². The van der Waals surface area contributed by atoms with Gasteiger partial charge < -0.3 is 20.5 Å². The van der Waals surface area contributed by atoms with Crippen molar-refractivity contribution in [2.75, 3.05) is 19.9 Å². The first kappa shape index (κ1) is 11.8. The molecule has 1 aromatic rings. The summed E-state index contributed by atoms with van der Waals surface area (Å²) in [5.41, 5.74) is 8.84. The zero-order valence-electron chi connectivity index (χ0n) is 10.7. The third-order valence-electron chi connectivity index (χ3n) is 4.01. The first-order valence-corrected chi connectivity index (χ1v) is 6.62. The first-order chi connectivity index (χ1) is 8.75. The molecule has 98 valence electrons. The Morgan fingerprint density at radius 1 is 1.22 bits per heavy atom. The van der Waals surface area contributed by atoms with E-state index in [4.69, 9.17) is 15.2 Å². The van der Waals surface area contributed by atoms with Crippen LogP contribution >= 0.6 is 0 Å². The lowest BCUT2D eigenvalue weighted by molar-refractivity contribution is 0.174. The van der Waals surface area contributed by atoms with E-state index in [9.17, 15) is 0 Å². The fraction of sp³-hybridized carbons (Fsp3) is 0.571. The number of nitrogens with one attached hydrogen (secondary N) is 1. The van der Waals surface area contributed by atoms with E-state index in [-0.39, 0.29) is 6.04 Å². The average molecular weight is 248 g/mol. The van der Waals surface area contributed by atoms with Crippen LogP contribution in [0.2, 0.25) is 0 Å². The summed E-state index contributed by atoms with van der Waals surface area (Å²) in [6, 6.07) is 4.20. The van der Waals surface area contributed by atoms with Gasteiger partial charge in [0.05, 0.1) is 0 Å². The molecule has 3 N–H and O–H groups in total. The van der Waals surface area contributed by atoms with Gasteiger partial charge in [-0.1, -0.05) is 0 Å². The molecule has 0 saturated carbocycles. The minimum atomic E-state index is 0.0987. The van der Waals surface area contributed by atoms with Gasteiger partial charge in [0, 0.05) is 6.04 Å². The lowest BCUT2D eigenvalue weighted by atomic mass is 9.85. The van der Waals surface area contributed by atoms with Crippen LogP contribution in [-0.4, -0.2) is 19.9 Å². The van der Waals surface area contributed by atoms with Crippen LogP contribution in [0, 0.1) is 12.8 Å². The number of hydrogen-bond acceptors (Lipinski definition) is 4. The van der Waals surface area contributed by atoms with E-state index in [1.807, 2.05) is 6.07 Å². The maximum Gasteiger partial charge on any atom is 0.231 e. The van der Waals surface area contributed by atoms with E-state index in [2.05, 4.69) is 18.3 Å². The SMILES string of the molecule is Cc1cc2c(cc1C(N)C1CCNCC1)OCO2. The number of aryl methyl sites for hydroxylation is 1. The predicted molar refractivity (Wildman–Crippen MR) is 69.8 cm³/mol. The molecule has 18 heavy (non-hydrogen) atoms. The topological polar surface area (TPSA) is 56.5 Å². The molecule has 1 fully saturated rings. The predicted octanol–water partition coefficient (Wildman–Crippen LogP) is 1.72. The molecule has 3 rings (SSSR count). The largest absolute Gasteiger partial charge is 0.454 e. The van der Waals surface area contributed by atoms with E-state index in [1.165, 1.54) is 11.1 Å². The summed E-state index contributed by atoms with van der Waals surface area (Å²) in [7, 11) is 0. The van der Waals surface area contributed by atoms with Gasteiger partial charge in [0.25, 0.3) is 0 Å². The van der Waals surface area contributed by atoms with Crippen molar-refractivity contribution in [3.05, 3.63) is 23.3 Å². The van der Waals surface area contributed by atoms with Crippen LogP contribution in [0.1, 0.15) is 30.0 Å². The number of piperidine rings is 1. The molecular weight excluding hydrogens is 228 g/mol. The lowest BCUT2D eigenvalue weighted by Gasteiger charge is -2.29. The third kappa shape index (κ3) is 2.06. The van der Waals surface area contributed by atoms with Gasteiger partial charge in [-0.25, -0.2) is 0 Å². The summed E-state index contributed by atoms with van der Waals surface area (Å²) < 4.78 is 10.8. The third-order valence-corrected chi connectivity index (χ3v) is 4.01. The minimum Gasteiger partial charge on any atom is -0.454 e. The minimum absolute atomic E-state index is 0.0987. The van der Waals surface area contributed by atoms with Gasteiger partial charge in [-0.05, 0) is 62.0 Å². The van der Waals surface area contributed by atoms with Gasteiger partial charge in [-0.2, -0.15) is 0 Å². The summed E-state index contributed by atoms with van der Waals surface area (Å²) in [5.74, 6) is 2.24. The molecule has 0 bridgehead atoms. The zero-order chi connectivity index (χ0) is 12.5. The van der Waals surface area contributed by atoms with Crippen LogP contribution in [-0.2, 0) is 0 Å². The molecule has 0 radical (unpaired) electrons. The summed E-state index contributed by atoms with van der Waals surface area (Å²) in [6.45, 7) is 4.56. The van der Waals surface area contributed by atoms with Crippen LogP contribution in [0.5, 0.6) is 11.5 Å². The van der Waals surface area contributed by atoms with Crippen LogP contribution in [0.25, 0.3) is 0 Å². The van der Waals surface area contributed by atoms with Crippen LogP contribution < -0.4 is 20.5 Å². The highest BCUT2D eigenvalue weighted by atomic mass is 16.7. The van der Waals surface area contributed by atoms with Gasteiger partial charge in [-0.15, -0.1) is 0 Å². The van der Waals surface area contributed by atoms with Crippen LogP contribution in [0.15, 0.2) is 12.1 Å². The Kier molecular flexibility index (Phi) is 3.14. The molecule has 1 unspecified atom stereocenters. The summed E-state index contributed by atoms with van der Waals surface area (Å²) in [6.07, 6.45) is 2.30. The van der Waals surface area contributed by atoms with E-state index in [1.54, 1.807) is 0 Å². The van der Waals surface area contributed by atoms with Crippen molar-refractivity contribution in [3.8, 4) is 11.5 Å². The van der Waals surface area contributed by atoms with Crippen molar-refractivity contribution in [2.45, 2.75) is 25.8 Å². The number of benzene rings is 1. The Labute approximate surface area is 107 Å². The smallest absolute Gasteiger partial charge is 0.231 e. The van der Waals surface area contributed by atoms with Crippen molar-refractivity contribution < 1.29 is 9.47 Å². The van der Waals surface area contributed by atoms with Gasteiger partial charge in [0.1, 0.15) is 0 Å². The standard InChI is InChI=1S/C14H20N2O2/c1-9-6-12-13(18-8-17-12)7-11(9)14(15)10-2-4-16-5-3-10/h6-7,10,14,16H,2-5,8,15H2,1H3. The number of ether oxygens (including phenoxy) is 2. The molecule has 2 heterocycles. The Bertz CT molecular complexity index is 442. The molecule has 0 amide bonds. The van der Waals surface area contributed by atoms with E-state index < -0.39 is 0 Å². The first-order valence-electron chi connectivity index (χ1n) is 6.62. The maximum absolute atomic E-state index is 6.44. The van der Waals surface area contributed by atoms with E-state index in [0.29, 0.717) is 12.7 Å². The van der Waals surface area contributed by atoms with E-state index >= 15 is 0 Å². The second kappa shape index (κ2) is 4.78. The second-order valence-corrected chi connectivity index (χ2v) is 5.18. The molecule has 1 saturated heterocycles. The Balaban J connectivity index is 1.86. The molecule has 4 heteroatoms. The fourth-order valence-corrected chi connectivity index (χ4v) is 2.88. The highest BCUT2D eigenvalue weighted by Crippen LogP contribution is 2.38. The van der Waals surface area contributed by atoms with Crippen LogP contribution in [0.4, 0.5) is 0 Å². The zero-order valence-corrected chi connectivity index (χ0v) is 10.7. The number of nitrogens with two attached hydrogens (primary N) is 1. The highest BCUT2D eigenvalue weighted by Gasteiger charge is 2.25. The molecule has 0 aliphatic carbocycles. The number of hydrogen-bond donors (Lipinski definition) is 2. The normalized spacial score (nSPS) is 21.0. The Morgan fingerprint density at radius 2 is 1.89 bits per heavy atom. The summed E-state index contributed by atoms with van der Waals surface area (Å²) in [5, 5.41) is 3.38. The van der Waals surface area contributed by atoms with Crippen molar-refractivity contribution in [2.24, 2.45) is 11.7 Å². The molecule has 0 spiro atoms. The lowest BCUT2D eigenvalue weighted by Crippen LogP contribution is -2.34. The van der Waals surface area contributed by atoms with Crippen molar-refractivity contribution in [3.63, 3.8) is 0 Å². The van der Waals surface area contributed by atoms with Crippen LogP contribution in [0.3, 0.4) is 0 Å². The molecular formula is C14H20N2O2. The summed E-state index contributed by atoms with van der Waals surface area (Å²) >= 11 is 0. The molecule has 1 atom stereocenters. The molecule has 2 aliphatic rings. The van der Waals surface area contributed by atoms with Gasteiger partial charge in [-0.3, -0.25) is 0 Å². The van der Waals surface area contributed by atoms with Crippen molar-refractivity contribution in [1.29, 1.82) is 0 Å². The molecule has 0 aromatic heterocycles. The van der Waals surface area contributed by atoms with Gasteiger partial charge in [0.15, 0.2) is 11.5 Å². The Hall–Kier alpha value is -1.26. The molecule has 4 nitrogen and oxygen atoms in total. The monoisotopic (exact) mass is 248 g/mol. The maximum atomic E-state index is 6.44. The van der Waals surface area contributed by atoms with Gasteiger partial charge >= 0.3 is 0 Å². The second-order valence-electron chi connectivity index (χ2n) is 5.18. The highest BCUT2D eigenvalue weighted by molar-refractivity contribution is 5.49. The molecule has 1 aromatic carbocycles. The summed E-state index contributed by atoms with van der Waals surface area (Å²) in [4.78, 5) is 0.